The van der Waals surface area contributed by atoms with Crippen LogP contribution in [0.5, 0.6) is 0 Å². The predicted molar refractivity (Wildman–Crippen MR) is 258 cm³/mol. The van der Waals surface area contributed by atoms with Gasteiger partial charge < -0.3 is 20.1 Å². The molecular formula is C54H104O6. The van der Waals surface area contributed by atoms with E-state index >= 15 is 0 Å². The summed E-state index contributed by atoms with van der Waals surface area (Å²) in [6.45, 7) is 7.44. The first-order valence-electron chi connectivity index (χ1n) is 26.7. The number of carboxylic acids is 2. The van der Waals surface area contributed by atoms with Gasteiger partial charge in [-0.05, 0) is 75.5 Å². The third kappa shape index (κ3) is 39.4. The summed E-state index contributed by atoms with van der Waals surface area (Å²) in [6.07, 6.45) is 53.8. The highest BCUT2D eigenvalue weighted by Gasteiger charge is 2.31. The summed E-state index contributed by atoms with van der Waals surface area (Å²) >= 11 is 0. The van der Waals surface area contributed by atoms with Crippen molar-refractivity contribution in [2.45, 2.75) is 290 Å². The Labute approximate surface area is 373 Å². The molecule has 3 unspecified atom stereocenters. The van der Waals surface area contributed by atoms with Gasteiger partial charge in [0.2, 0.25) is 0 Å². The molecule has 3 N–H and O–H groups in total. The molecular weight excluding hydrogens is 745 g/mol. The van der Waals surface area contributed by atoms with Crippen LogP contribution in [0.2, 0.25) is 0 Å². The Morgan fingerprint density at radius 2 is 0.800 bits per heavy atom. The lowest BCUT2D eigenvalue weighted by molar-refractivity contribution is -0.138. The molecule has 0 bridgehead atoms. The van der Waals surface area contributed by atoms with E-state index in [0.29, 0.717) is 25.4 Å². The minimum atomic E-state index is -0.668. The lowest BCUT2D eigenvalue weighted by Gasteiger charge is -2.37. The molecule has 3 atom stereocenters. The third-order valence-corrected chi connectivity index (χ3v) is 13.3. The number of aliphatic hydroxyl groups is 1. The Kier molecular flexibility index (Phi) is 46.0. The van der Waals surface area contributed by atoms with Crippen molar-refractivity contribution < 1.29 is 29.6 Å². The molecule has 0 saturated carbocycles. The van der Waals surface area contributed by atoms with Gasteiger partial charge in [0.25, 0.3) is 0 Å². The highest BCUT2D eigenvalue weighted by Crippen LogP contribution is 2.42. The highest BCUT2D eigenvalue weighted by atomic mass is 16.6. The molecule has 0 heterocycles. The van der Waals surface area contributed by atoms with Gasteiger partial charge in [0.05, 0.1) is 0 Å². The van der Waals surface area contributed by atoms with Gasteiger partial charge in [-0.15, -0.1) is 0 Å². The number of carbonyl (C=O) groups is 2. The van der Waals surface area contributed by atoms with Crippen molar-refractivity contribution >= 4 is 11.9 Å². The normalized spacial score (nSPS) is 13.5. The Morgan fingerprint density at radius 3 is 1.25 bits per heavy atom. The summed E-state index contributed by atoms with van der Waals surface area (Å²) in [4.78, 5) is 22.1. The molecule has 60 heavy (non-hydrogen) atoms. The first-order chi connectivity index (χ1) is 29.4. The Balaban J connectivity index is 6.47. The van der Waals surface area contributed by atoms with Crippen molar-refractivity contribution in [1.29, 1.82) is 0 Å². The predicted octanol–water partition coefficient (Wildman–Crippen LogP) is 17.3. The van der Waals surface area contributed by atoms with E-state index in [1.807, 2.05) is 5.57 Å². The van der Waals surface area contributed by atoms with Crippen LogP contribution < -0.4 is 0 Å². The van der Waals surface area contributed by atoms with Crippen molar-refractivity contribution in [2.24, 2.45) is 17.8 Å². The summed E-state index contributed by atoms with van der Waals surface area (Å²) in [5, 5.41) is 27.2. The quantitative estimate of drug-likeness (QED) is 0.0320. The van der Waals surface area contributed by atoms with Gasteiger partial charge in [0.1, 0.15) is 6.79 Å². The minimum Gasteiger partial charge on any atom is -0.481 e. The number of hydrogen-bond donors (Lipinski definition) is 3. The molecule has 0 rings (SSSR count). The molecule has 0 aromatic rings. The average molecular weight is 849 g/mol. The minimum absolute atomic E-state index is 0.173. The van der Waals surface area contributed by atoms with E-state index < -0.39 is 11.9 Å². The molecule has 6 heteroatoms. The van der Waals surface area contributed by atoms with Crippen molar-refractivity contribution in [1.82, 2.24) is 0 Å². The van der Waals surface area contributed by atoms with Gasteiger partial charge in [0, 0.05) is 19.4 Å². The van der Waals surface area contributed by atoms with Crippen LogP contribution in [-0.2, 0) is 14.3 Å². The van der Waals surface area contributed by atoms with E-state index in [2.05, 4.69) is 26.8 Å². The van der Waals surface area contributed by atoms with Crippen LogP contribution in [0, 0.1) is 17.8 Å². The van der Waals surface area contributed by atoms with Gasteiger partial charge in [-0.25, -0.2) is 0 Å². The van der Waals surface area contributed by atoms with E-state index in [9.17, 15) is 9.59 Å². The van der Waals surface area contributed by atoms with E-state index in [1.165, 1.54) is 212 Å². The average Bonchev–Trinajstić information content (AvgIpc) is 3.23. The number of ether oxygens (including phenoxy) is 1. The van der Waals surface area contributed by atoms with Crippen LogP contribution in [-0.4, -0.2) is 40.7 Å². The number of hydrogen-bond acceptors (Lipinski definition) is 4. The zero-order chi connectivity index (χ0) is 44.0. The van der Waals surface area contributed by atoms with Crippen molar-refractivity contribution in [3.63, 3.8) is 0 Å². The maximum absolute atomic E-state index is 11.0. The fourth-order valence-electron chi connectivity index (χ4n) is 9.70. The third-order valence-electron chi connectivity index (χ3n) is 13.3. The number of aliphatic hydroxyl groups excluding tert-OH is 1. The number of rotatable bonds is 50. The highest BCUT2D eigenvalue weighted by molar-refractivity contribution is 5.66. The van der Waals surface area contributed by atoms with Crippen LogP contribution in [0.15, 0.2) is 11.6 Å². The van der Waals surface area contributed by atoms with Gasteiger partial charge >= 0.3 is 11.9 Å². The van der Waals surface area contributed by atoms with Crippen LogP contribution in [0.3, 0.4) is 0 Å². The lowest BCUT2D eigenvalue weighted by atomic mass is 9.68. The SMILES string of the molecule is CCCCCCCC/C(=C/CCCCCCCC(=O)O)C(CCCCCCCC)C(CCCCCCCOCO)C(CCCCCCCC)CCCCCCCCC(=O)O. The first kappa shape index (κ1) is 58.6. The standard InChI is InChI=1S/C54H104O6/c1-4-7-10-13-21-30-39-49(41-32-23-16-18-27-36-45-53(56)57)51(43-34-25-15-12-9-6-3)52(44-35-26-20-29-38-47-60-48-55)50(40-31-22-14-11-8-5-2)42-33-24-17-19-28-37-46-54(58)59/h41,50-52,55H,4-40,42-48H2,1-3H3,(H,56,57)(H,58,59)/b49-41-. The fraction of sp³-hybridized carbons (Fsp3) is 0.926. The van der Waals surface area contributed by atoms with Crippen molar-refractivity contribution in [2.75, 3.05) is 13.4 Å². The van der Waals surface area contributed by atoms with Gasteiger partial charge in [-0.3, -0.25) is 9.59 Å². The fourth-order valence-corrected chi connectivity index (χ4v) is 9.70. The Bertz CT molecular complexity index is 933. The summed E-state index contributed by atoms with van der Waals surface area (Å²) < 4.78 is 5.22. The maximum Gasteiger partial charge on any atom is 0.303 e. The summed E-state index contributed by atoms with van der Waals surface area (Å²) in [5.41, 5.74) is 1.81. The molecule has 6 nitrogen and oxygen atoms in total. The van der Waals surface area contributed by atoms with Crippen LogP contribution >= 0.6 is 0 Å². The number of unbranched alkanes of at least 4 members (excludes halogenated alkanes) is 29. The van der Waals surface area contributed by atoms with Crippen LogP contribution in [0.4, 0.5) is 0 Å². The molecule has 0 radical (unpaired) electrons. The summed E-state index contributed by atoms with van der Waals surface area (Å²) in [7, 11) is 0. The second kappa shape index (κ2) is 47.1. The van der Waals surface area contributed by atoms with E-state index in [4.69, 9.17) is 20.1 Å². The molecule has 356 valence electrons. The number of allylic oxidation sites excluding steroid dienone is 2. The molecule has 0 saturated heterocycles. The monoisotopic (exact) mass is 849 g/mol. The van der Waals surface area contributed by atoms with E-state index in [1.54, 1.807) is 0 Å². The van der Waals surface area contributed by atoms with Crippen LogP contribution in [0.25, 0.3) is 0 Å². The molecule has 0 aromatic heterocycles. The maximum atomic E-state index is 11.0. The molecule has 0 aromatic carbocycles. The van der Waals surface area contributed by atoms with Crippen molar-refractivity contribution in [3.8, 4) is 0 Å². The van der Waals surface area contributed by atoms with Gasteiger partial charge in [-0.1, -0.05) is 231 Å². The largest absolute Gasteiger partial charge is 0.481 e. The molecule has 0 aliphatic heterocycles. The Hall–Kier alpha value is -1.40. The van der Waals surface area contributed by atoms with E-state index in [-0.39, 0.29) is 6.79 Å². The zero-order valence-corrected chi connectivity index (χ0v) is 40.5. The second-order valence-corrected chi connectivity index (χ2v) is 18.8. The van der Waals surface area contributed by atoms with Crippen LogP contribution in [0.1, 0.15) is 290 Å². The molecule has 0 spiro atoms. The zero-order valence-electron chi connectivity index (χ0n) is 40.5. The smallest absolute Gasteiger partial charge is 0.303 e. The topological polar surface area (TPSA) is 104 Å². The van der Waals surface area contributed by atoms with Gasteiger partial charge in [-0.2, -0.15) is 0 Å². The Morgan fingerprint density at radius 1 is 0.433 bits per heavy atom. The molecule has 0 amide bonds. The molecule has 0 aliphatic carbocycles. The summed E-state index contributed by atoms with van der Waals surface area (Å²) in [5.74, 6) is 0.864. The second-order valence-electron chi connectivity index (χ2n) is 18.8. The molecule has 0 fully saturated rings. The lowest BCUT2D eigenvalue weighted by Crippen LogP contribution is -2.26. The van der Waals surface area contributed by atoms with Gasteiger partial charge in [0.15, 0.2) is 0 Å². The van der Waals surface area contributed by atoms with E-state index in [0.717, 1.165) is 56.8 Å². The molecule has 0 aliphatic rings. The number of carboxylic acid groups (broad SMARTS) is 2. The summed E-state index contributed by atoms with van der Waals surface area (Å²) in [6, 6.07) is 0. The first-order valence-corrected chi connectivity index (χ1v) is 26.7. The van der Waals surface area contributed by atoms with Crippen molar-refractivity contribution in [3.05, 3.63) is 11.6 Å². The number of aliphatic carboxylic acids is 2.